The highest BCUT2D eigenvalue weighted by molar-refractivity contribution is 9.10. The molecule has 0 saturated carbocycles. The van der Waals surface area contributed by atoms with Crippen LogP contribution >= 0.6 is 15.9 Å². The normalized spacial score (nSPS) is 12.4. The van der Waals surface area contributed by atoms with Gasteiger partial charge in [-0.1, -0.05) is 28.4 Å². The summed E-state index contributed by atoms with van der Waals surface area (Å²) < 4.78 is 1.10. The number of unbranched alkanes of at least 4 members (excludes halogenated alkanes) is 1. The molecule has 1 aromatic carbocycles. The number of rotatable bonds is 6. The van der Waals surface area contributed by atoms with Crippen LogP contribution in [0.5, 0.6) is 0 Å². The first-order valence-corrected chi connectivity index (χ1v) is 6.95. The summed E-state index contributed by atoms with van der Waals surface area (Å²) in [6, 6.07) is 4.19. The number of benzene rings is 1. The number of nitrogens with two attached hydrogens (primary N) is 1. The second-order valence-corrected chi connectivity index (χ2v) is 5.56. The van der Waals surface area contributed by atoms with Crippen molar-refractivity contribution in [3.8, 4) is 0 Å². The van der Waals surface area contributed by atoms with Gasteiger partial charge in [0.2, 0.25) is 0 Å². The van der Waals surface area contributed by atoms with Crippen molar-refractivity contribution < 1.29 is 9.90 Å². The Labute approximate surface area is 117 Å². The van der Waals surface area contributed by atoms with Crippen LogP contribution < -0.4 is 5.73 Å². The maximum absolute atomic E-state index is 10.4. The quantitative estimate of drug-likeness (QED) is 0.787. The Morgan fingerprint density at radius 3 is 2.61 bits per heavy atom. The third kappa shape index (κ3) is 4.42. The predicted octanol–water partition coefficient (Wildman–Crippen LogP) is 3.71. The standard InChI is InChI=1S/C14H20BrNO2/c1-9-8-12(15)10(2)7-11(9)13(16)5-3-4-6-14(17)18/h7-8,13H,3-6,16H2,1-2H3,(H,17,18). The van der Waals surface area contributed by atoms with Crippen LogP contribution in [0, 0.1) is 13.8 Å². The average Bonchev–Trinajstić information content (AvgIpc) is 2.28. The molecule has 1 atom stereocenters. The molecule has 0 saturated heterocycles. The lowest BCUT2D eigenvalue weighted by atomic mass is 9.95. The lowest BCUT2D eigenvalue weighted by Crippen LogP contribution is -2.12. The first kappa shape index (κ1) is 15.2. The van der Waals surface area contributed by atoms with Crippen molar-refractivity contribution in [1.82, 2.24) is 0 Å². The summed E-state index contributed by atoms with van der Waals surface area (Å²) in [7, 11) is 0. The molecule has 0 aliphatic heterocycles. The van der Waals surface area contributed by atoms with Crippen LogP contribution in [0.25, 0.3) is 0 Å². The lowest BCUT2D eigenvalue weighted by Gasteiger charge is -2.16. The second-order valence-electron chi connectivity index (χ2n) is 4.70. The molecule has 0 aliphatic rings. The number of carbonyl (C=O) groups is 1. The van der Waals surface area contributed by atoms with Gasteiger partial charge in [-0.3, -0.25) is 4.79 Å². The number of aliphatic carboxylic acids is 1. The number of carboxylic acid groups (broad SMARTS) is 1. The molecule has 0 amide bonds. The van der Waals surface area contributed by atoms with Crippen molar-refractivity contribution in [2.45, 2.75) is 45.6 Å². The summed E-state index contributed by atoms with van der Waals surface area (Å²) in [6.45, 7) is 4.10. The molecule has 0 spiro atoms. The minimum Gasteiger partial charge on any atom is -0.481 e. The van der Waals surface area contributed by atoms with Crippen LogP contribution in [0.4, 0.5) is 0 Å². The van der Waals surface area contributed by atoms with Crippen molar-refractivity contribution in [3.05, 3.63) is 33.3 Å². The van der Waals surface area contributed by atoms with E-state index in [9.17, 15) is 4.79 Å². The van der Waals surface area contributed by atoms with Crippen molar-refractivity contribution in [1.29, 1.82) is 0 Å². The lowest BCUT2D eigenvalue weighted by molar-refractivity contribution is -0.137. The van der Waals surface area contributed by atoms with Crippen LogP contribution in [-0.2, 0) is 4.79 Å². The third-order valence-electron chi connectivity index (χ3n) is 3.10. The van der Waals surface area contributed by atoms with E-state index in [-0.39, 0.29) is 12.5 Å². The molecule has 18 heavy (non-hydrogen) atoms. The fourth-order valence-corrected chi connectivity index (χ4v) is 2.46. The molecule has 1 unspecified atom stereocenters. The Hall–Kier alpha value is -0.870. The molecular formula is C14H20BrNO2. The maximum atomic E-state index is 10.4. The van der Waals surface area contributed by atoms with Crippen LogP contribution in [0.1, 0.15) is 48.4 Å². The van der Waals surface area contributed by atoms with E-state index in [1.807, 2.05) is 6.92 Å². The van der Waals surface area contributed by atoms with E-state index in [0.29, 0.717) is 6.42 Å². The van der Waals surface area contributed by atoms with Crippen molar-refractivity contribution in [3.63, 3.8) is 0 Å². The summed E-state index contributed by atoms with van der Waals surface area (Å²) in [5.41, 5.74) is 9.68. The second kappa shape index (κ2) is 6.90. The van der Waals surface area contributed by atoms with Crippen molar-refractivity contribution >= 4 is 21.9 Å². The fraction of sp³-hybridized carbons (Fsp3) is 0.500. The molecule has 3 nitrogen and oxygen atoms in total. The summed E-state index contributed by atoms with van der Waals surface area (Å²) in [6.07, 6.45) is 2.60. The zero-order chi connectivity index (χ0) is 13.7. The van der Waals surface area contributed by atoms with E-state index in [0.717, 1.165) is 22.9 Å². The van der Waals surface area contributed by atoms with Gasteiger partial charge in [0.05, 0.1) is 0 Å². The molecule has 3 N–H and O–H groups in total. The van der Waals surface area contributed by atoms with Crippen molar-refractivity contribution in [2.24, 2.45) is 5.73 Å². The minimum absolute atomic E-state index is 0.00871. The van der Waals surface area contributed by atoms with E-state index in [1.54, 1.807) is 0 Å². The van der Waals surface area contributed by atoms with Gasteiger partial charge in [-0.05, 0) is 49.4 Å². The van der Waals surface area contributed by atoms with E-state index in [4.69, 9.17) is 10.8 Å². The highest BCUT2D eigenvalue weighted by Gasteiger charge is 2.11. The van der Waals surface area contributed by atoms with Gasteiger partial charge >= 0.3 is 5.97 Å². The number of hydrogen-bond donors (Lipinski definition) is 2. The summed E-state index contributed by atoms with van der Waals surface area (Å²) in [5, 5.41) is 8.57. The van der Waals surface area contributed by atoms with Gasteiger partial charge in [0.25, 0.3) is 0 Å². The molecule has 0 bridgehead atoms. The summed E-state index contributed by atoms with van der Waals surface area (Å²) >= 11 is 3.50. The highest BCUT2D eigenvalue weighted by atomic mass is 79.9. The molecule has 4 heteroatoms. The zero-order valence-corrected chi connectivity index (χ0v) is 12.5. The Kier molecular flexibility index (Phi) is 5.82. The van der Waals surface area contributed by atoms with Gasteiger partial charge in [0, 0.05) is 16.9 Å². The maximum Gasteiger partial charge on any atom is 0.303 e. The van der Waals surface area contributed by atoms with Gasteiger partial charge in [0.15, 0.2) is 0 Å². The third-order valence-corrected chi connectivity index (χ3v) is 3.96. The first-order chi connectivity index (χ1) is 8.41. The molecule has 0 fully saturated rings. The van der Waals surface area contributed by atoms with Crippen LogP contribution in [0.2, 0.25) is 0 Å². The van der Waals surface area contributed by atoms with Gasteiger partial charge in [0.1, 0.15) is 0 Å². The number of aryl methyl sites for hydroxylation is 2. The van der Waals surface area contributed by atoms with E-state index in [2.05, 4.69) is 35.0 Å². The smallest absolute Gasteiger partial charge is 0.303 e. The zero-order valence-electron chi connectivity index (χ0n) is 10.9. The first-order valence-electron chi connectivity index (χ1n) is 6.16. The van der Waals surface area contributed by atoms with Gasteiger partial charge in [-0.2, -0.15) is 0 Å². The number of carboxylic acids is 1. The van der Waals surface area contributed by atoms with Crippen LogP contribution in [-0.4, -0.2) is 11.1 Å². The van der Waals surface area contributed by atoms with Crippen molar-refractivity contribution in [2.75, 3.05) is 0 Å². The van der Waals surface area contributed by atoms with Gasteiger partial charge < -0.3 is 10.8 Å². The monoisotopic (exact) mass is 313 g/mol. The van der Waals surface area contributed by atoms with Gasteiger partial charge in [-0.15, -0.1) is 0 Å². The Morgan fingerprint density at radius 1 is 1.33 bits per heavy atom. The summed E-state index contributed by atoms with van der Waals surface area (Å²) in [4.78, 5) is 10.4. The minimum atomic E-state index is -0.737. The average molecular weight is 314 g/mol. The van der Waals surface area contributed by atoms with E-state index in [1.165, 1.54) is 11.1 Å². The van der Waals surface area contributed by atoms with Gasteiger partial charge in [-0.25, -0.2) is 0 Å². The van der Waals surface area contributed by atoms with E-state index >= 15 is 0 Å². The largest absolute Gasteiger partial charge is 0.481 e. The summed E-state index contributed by atoms with van der Waals surface area (Å²) in [5.74, 6) is -0.737. The molecule has 100 valence electrons. The molecular weight excluding hydrogens is 294 g/mol. The molecule has 0 aliphatic carbocycles. The molecule has 1 aromatic rings. The fourth-order valence-electron chi connectivity index (χ4n) is 2.00. The van der Waals surface area contributed by atoms with Crippen LogP contribution in [0.15, 0.2) is 16.6 Å². The number of halogens is 1. The topological polar surface area (TPSA) is 63.3 Å². The highest BCUT2D eigenvalue weighted by Crippen LogP contribution is 2.26. The molecule has 1 rings (SSSR count). The van der Waals surface area contributed by atoms with E-state index < -0.39 is 5.97 Å². The Morgan fingerprint density at radius 2 is 2.00 bits per heavy atom. The molecule has 0 heterocycles. The molecule has 0 aromatic heterocycles. The predicted molar refractivity (Wildman–Crippen MR) is 76.6 cm³/mol. The number of hydrogen-bond acceptors (Lipinski definition) is 2. The SMILES string of the molecule is Cc1cc(C(N)CCCCC(=O)O)c(C)cc1Br. The Bertz CT molecular complexity index is 432. The molecule has 0 radical (unpaired) electrons. The van der Waals surface area contributed by atoms with Crippen LogP contribution in [0.3, 0.4) is 0 Å². The Balaban J connectivity index is 2.58.